The van der Waals surface area contributed by atoms with Crippen molar-refractivity contribution < 1.29 is 35.4 Å². The molecule has 0 amide bonds. The highest BCUT2D eigenvalue weighted by Crippen LogP contribution is 2.07. The summed E-state index contributed by atoms with van der Waals surface area (Å²) in [6.45, 7) is -0.877. The Bertz CT molecular complexity index is 221. The number of hydrogen-bond donors (Lipinski definition) is 6. The Balaban J connectivity index is 4.66. The van der Waals surface area contributed by atoms with Crippen LogP contribution in [0, 0.1) is 0 Å². The van der Waals surface area contributed by atoms with Crippen molar-refractivity contribution in [3.8, 4) is 0 Å². The third-order valence-electron chi connectivity index (χ3n) is 1.28. The van der Waals surface area contributed by atoms with E-state index in [2.05, 4.69) is 0 Å². The zero-order chi connectivity index (χ0) is 10.6. The molecule has 0 aromatic heterocycles. The lowest BCUT2D eigenvalue weighted by atomic mass is 10.1. The van der Waals surface area contributed by atoms with Gasteiger partial charge in [0.25, 0.3) is 0 Å². The molecular formula is C6H10O7. The summed E-state index contributed by atoms with van der Waals surface area (Å²) in [5.41, 5.74) is 0. The molecule has 0 aliphatic rings. The van der Waals surface area contributed by atoms with Crippen LogP contribution in [0.4, 0.5) is 0 Å². The van der Waals surface area contributed by atoms with Crippen LogP contribution < -0.4 is 0 Å². The summed E-state index contributed by atoms with van der Waals surface area (Å²) in [6, 6.07) is 0. The summed E-state index contributed by atoms with van der Waals surface area (Å²) in [5, 5.41) is 51.4. The zero-order valence-corrected chi connectivity index (χ0v) is 6.45. The highest BCUT2D eigenvalue weighted by molar-refractivity contribution is 5.84. The molecule has 0 radical (unpaired) electrons. The molecule has 0 saturated carbocycles. The molecule has 0 rings (SSSR count). The van der Waals surface area contributed by atoms with E-state index in [1.807, 2.05) is 0 Å². The van der Waals surface area contributed by atoms with E-state index in [1.165, 1.54) is 0 Å². The van der Waals surface area contributed by atoms with E-state index in [1.54, 1.807) is 0 Å². The van der Waals surface area contributed by atoms with Gasteiger partial charge in [0.05, 0.1) is 6.61 Å². The number of carboxylic acids is 1. The largest absolute Gasteiger partial charge is 0.506 e. The molecule has 0 saturated heterocycles. The van der Waals surface area contributed by atoms with E-state index in [-0.39, 0.29) is 0 Å². The van der Waals surface area contributed by atoms with Gasteiger partial charge in [-0.3, -0.25) is 0 Å². The molecule has 7 nitrogen and oxygen atoms in total. The van der Waals surface area contributed by atoms with E-state index in [0.717, 1.165) is 0 Å². The minimum atomic E-state index is -2.03. The fraction of sp³-hybridized carbons (Fsp3) is 0.500. The van der Waals surface area contributed by atoms with Crippen LogP contribution in [0.3, 0.4) is 0 Å². The van der Waals surface area contributed by atoms with Gasteiger partial charge in [-0.05, 0) is 0 Å². The highest BCUT2D eigenvalue weighted by Gasteiger charge is 2.25. The summed E-state index contributed by atoms with van der Waals surface area (Å²) >= 11 is 0. The Morgan fingerprint density at radius 1 is 1.15 bits per heavy atom. The minimum Gasteiger partial charge on any atom is -0.506 e. The molecule has 13 heavy (non-hydrogen) atoms. The molecule has 0 aromatic carbocycles. The molecule has 0 aliphatic heterocycles. The van der Waals surface area contributed by atoms with Crippen molar-refractivity contribution in [1.29, 1.82) is 0 Å². The average molecular weight is 194 g/mol. The average Bonchev–Trinajstić information content (AvgIpc) is 2.12. The van der Waals surface area contributed by atoms with Gasteiger partial charge in [-0.15, -0.1) is 0 Å². The molecule has 0 unspecified atom stereocenters. The van der Waals surface area contributed by atoms with E-state index in [4.69, 9.17) is 30.6 Å². The van der Waals surface area contributed by atoms with Gasteiger partial charge in [-0.25, -0.2) is 4.79 Å². The van der Waals surface area contributed by atoms with Gasteiger partial charge in [0, 0.05) is 0 Å². The van der Waals surface area contributed by atoms with Crippen molar-refractivity contribution in [3.05, 3.63) is 11.5 Å². The first kappa shape index (κ1) is 11.7. The Kier molecular flexibility index (Phi) is 4.18. The number of carboxylic acid groups (broad SMARTS) is 1. The van der Waals surface area contributed by atoms with Crippen LogP contribution in [0.2, 0.25) is 0 Å². The van der Waals surface area contributed by atoms with Crippen molar-refractivity contribution in [2.24, 2.45) is 0 Å². The maximum Gasteiger partial charge on any atom is 0.374 e. The second-order valence-electron chi connectivity index (χ2n) is 2.23. The second-order valence-corrected chi connectivity index (χ2v) is 2.23. The zero-order valence-electron chi connectivity index (χ0n) is 6.45. The minimum absolute atomic E-state index is 0.877. The summed E-state index contributed by atoms with van der Waals surface area (Å²) in [7, 11) is 0. The Hall–Kier alpha value is -1.31. The van der Waals surface area contributed by atoms with Gasteiger partial charge in [-0.2, -0.15) is 0 Å². The van der Waals surface area contributed by atoms with Crippen LogP contribution in [0.1, 0.15) is 0 Å². The molecule has 2 atom stereocenters. The van der Waals surface area contributed by atoms with E-state index < -0.39 is 36.3 Å². The summed E-state index contributed by atoms with van der Waals surface area (Å²) < 4.78 is 0. The Morgan fingerprint density at radius 2 is 1.62 bits per heavy atom. The van der Waals surface area contributed by atoms with E-state index >= 15 is 0 Å². The first-order valence-corrected chi connectivity index (χ1v) is 3.24. The maximum absolute atomic E-state index is 10.0. The standard InChI is InChI=1S/C6H10O7/c7-1-2(8)3(9)4(10)5(11)6(12)13/h2-3,7-11H,1H2,(H,12,13)/b5-4-/t2-,3+/m0/s1. The van der Waals surface area contributed by atoms with Gasteiger partial charge >= 0.3 is 5.97 Å². The molecule has 0 bridgehead atoms. The first-order chi connectivity index (χ1) is 5.91. The molecule has 0 heterocycles. The predicted octanol–water partition coefficient (Wildman–Crippen LogP) is -1.89. The lowest BCUT2D eigenvalue weighted by Gasteiger charge is -2.14. The van der Waals surface area contributed by atoms with Crippen LogP contribution in [-0.4, -0.2) is 55.4 Å². The molecule has 0 aliphatic carbocycles. The summed E-state index contributed by atoms with van der Waals surface area (Å²) in [6.07, 6.45) is -3.78. The SMILES string of the molecule is O=C(O)/C(O)=C(/O)[C@H](O)[C@@H](O)CO. The van der Waals surface area contributed by atoms with Crippen molar-refractivity contribution in [2.75, 3.05) is 6.61 Å². The normalized spacial score (nSPS) is 17.5. The molecule has 7 heteroatoms. The topological polar surface area (TPSA) is 138 Å². The van der Waals surface area contributed by atoms with Crippen LogP contribution in [0.15, 0.2) is 11.5 Å². The smallest absolute Gasteiger partial charge is 0.374 e. The molecule has 0 aromatic rings. The molecular weight excluding hydrogens is 184 g/mol. The fourth-order valence-electron chi connectivity index (χ4n) is 0.532. The van der Waals surface area contributed by atoms with E-state index in [9.17, 15) is 4.79 Å². The number of rotatable bonds is 4. The van der Waals surface area contributed by atoms with Crippen LogP contribution >= 0.6 is 0 Å². The third kappa shape index (κ3) is 2.90. The van der Waals surface area contributed by atoms with Gasteiger partial charge in [-0.1, -0.05) is 0 Å². The van der Waals surface area contributed by atoms with Crippen LogP contribution in [-0.2, 0) is 4.79 Å². The maximum atomic E-state index is 10.0. The van der Waals surface area contributed by atoms with Crippen molar-refractivity contribution in [1.82, 2.24) is 0 Å². The quantitative estimate of drug-likeness (QED) is 0.227. The Labute approximate surface area is 72.8 Å². The number of aliphatic hydroxyl groups is 5. The molecule has 0 spiro atoms. The van der Waals surface area contributed by atoms with Crippen molar-refractivity contribution >= 4 is 5.97 Å². The number of carbonyl (C=O) groups is 1. The van der Waals surface area contributed by atoms with Gasteiger partial charge in [0.1, 0.15) is 12.2 Å². The second kappa shape index (κ2) is 4.65. The van der Waals surface area contributed by atoms with Crippen molar-refractivity contribution in [2.45, 2.75) is 12.2 Å². The number of hydrogen-bond acceptors (Lipinski definition) is 6. The summed E-state index contributed by atoms with van der Waals surface area (Å²) in [4.78, 5) is 10.0. The van der Waals surface area contributed by atoms with Gasteiger partial charge in [0.2, 0.25) is 5.76 Å². The molecule has 6 N–H and O–H groups in total. The first-order valence-electron chi connectivity index (χ1n) is 3.24. The number of aliphatic hydroxyl groups excluding tert-OH is 5. The van der Waals surface area contributed by atoms with Gasteiger partial charge < -0.3 is 30.6 Å². The van der Waals surface area contributed by atoms with Crippen molar-refractivity contribution in [3.63, 3.8) is 0 Å². The predicted molar refractivity (Wildman–Crippen MR) is 39.0 cm³/mol. The third-order valence-corrected chi connectivity index (χ3v) is 1.28. The molecule has 76 valence electrons. The lowest BCUT2D eigenvalue weighted by Crippen LogP contribution is -2.32. The summed E-state index contributed by atoms with van der Waals surface area (Å²) in [5.74, 6) is -4.62. The van der Waals surface area contributed by atoms with E-state index in [0.29, 0.717) is 0 Å². The Morgan fingerprint density at radius 3 is 1.92 bits per heavy atom. The highest BCUT2D eigenvalue weighted by atomic mass is 16.4. The van der Waals surface area contributed by atoms with Gasteiger partial charge in [0.15, 0.2) is 5.76 Å². The lowest BCUT2D eigenvalue weighted by molar-refractivity contribution is -0.136. The molecule has 0 fully saturated rings. The monoisotopic (exact) mass is 194 g/mol. The van der Waals surface area contributed by atoms with Crippen LogP contribution in [0.25, 0.3) is 0 Å². The van der Waals surface area contributed by atoms with Crippen LogP contribution in [0.5, 0.6) is 0 Å². The fourth-order valence-corrected chi connectivity index (χ4v) is 0.532. The number of aliphatic carboxylic acids is 1.